The van der Waals surface area contributed by atoms with Crippen LogP contribution in [0.2, 0.25) is 0 Å². The summed E-state index contributed by atoms with van der Waals surface area (Å²) in [6.45, 7) is 2.40. The standard InChI is InChI=1S/C35H39N5O7/c1-22-34(45)40-15-7-11-27(40)21-47-28-12-6-10-24(18-28)25-17-26(20-36-19-25)35(46)39(2)30(13-14-31(41)42)33(44)38-29(32(43)37-22)16-23-8-4-3-5-9-23/h3-6,8-10,12,17-20,22,27,29-30H,7,11,13-16,21H2,1-2H3,(H,37,43)(H,38,44)(H,41,42)/t22-,27+,29+,30+/m1/s1. The Labute approximate surface area is 273 Å². The molecule has 3 heterocycles. The first-order valence-electron chi connectivity index (χ1n) is 15.7. The Kier molecular flexibility index (Phi) is 10.5. The molecule has 12 nitrogen and oxygen atoms in total. The van der Waals surface area contributed by atoms with Gasteiger partial charge < -0.3 is 30.3 Å². The molecule has 4 bridgehead atoms. The van der Waals surface area contributed by atoms with Gasteiger partial charge in [-0.2, -0.15) is 0 Å². The van der Waals surface area contributed by atoms with Crippen LogP contribution in [0.4, 0.5) is 0 Å². The zero-order valence-corrected chi connectivity index (χ0v) is 26.4. The fourth-order valence-corrected chi connectivity index (χ4v) is 6.03. The zero-order chi connectivity index (χ0) is 33.5. The van der Waals surface area contributed by atoms with E-state index in [9.17, 15) is 29.1 Å². The maximum absolute atomic E-state index is 13.9. The molecule has 1 aromatic heterocycles. The minimum atomic E-state index is -1.22. The third kappa shape index (κ3) is 8.13. The van der Waals surface area contributed by atoms with Crippen molar-refractivity contribution in [3.05, 3.63) is 84.2 Å². The summed E-state index contributed by atoms with van der Waals surface area (Å²) in [5, 5.41) is 15.0. The van der Waals surface area contributed by atoms with Crippen molar-refractivity contribution >= 4 is 29.6 Å². The molecule has 47 heavy (non-hydrogen) atoms. The first-order chi connectivity index (χ1) is 22.6. The monoisotopic (exact) mass is 641 g/mol. The number of benzene rings is 2. The molecule has 5 rings (SSSR count). The first-order valence-corrected chi connectivity index (χ1v) is 15.7. The lowest BCUT2D eigenvalue weighted by Gasteiger charge is -2.30. The molecule has 4 atom stereocenters. The van der Waals surface area contributed by atoms with E-state index in [2.05, 4.69) is 15.6 Å². The van der Waals surface area contributed by atoms with E-state index in [0.717, 1.165) is 24.0 Å². The van der Waals surface area contributed by atoms with Crippen LogP contribution in [0.15, 0.2) is 73.1 Å². The second-order valence-electron chi connectivity index (χ2n) is 12.0. The van der Waals surface area contributed by atoms with Gasteiger partial charge in [-0.3, -0.25) is 29.0 Å². The number of fused-ring (bicyclic) bond motifs is 6. The van der Waals surface area contributed by atoms with E-state index in [1.54, 1.807) is 24.1 Å². The van der Waals surface area contributed by atoms with Gasteiger partial charge in [-0.25, -0.2) is 0 Å². The molecular weight excluding hydrogens is 602 g/mol. The van der Waals surface area contributed by atoms with Crippen molar-refractivity contribution < 1.29 is 33.8 Å². The molecule has 1 saturated heterocycles. The molecular formula is C35H39N5O7. The predicted molar refractivity (Wildman–Crippen MR) is 172 cm³/mol. The Morgan fingerprint density at radius 3 is 2.49 bits per heavy atom. The molecule has 246 valence electrons. The van der Waals surface area contributed by atoms with Gasteiger partial charge in [0.2, 0.25) is 17.7 Å². The molecule has 3 aromatic rings. The molecule has 2 aliphatic rings. The number of nitrogens with zero attached hydrogens (tertiary/aromatic N) is 3. The van der Waals surface area contributed by atoms with Crippen molar-refractivity contribution in [2.75, 3.05) is 20.2 Å². The van der Waals surface area contributed by atoms with E-state index < -0.39 is 48.2 Å². The van der Waals surface area contributed by atoms with Gasteiger partial charge in [0.25, 0.3) is 5.91 Å². The van der Waals surface area contributed by atoms with Gasteiger partial charge in [0.15, 0.2) is 0 Å². The minimum Gasteiger partial charge on any atom is -0.491 e. The Bertz CT molecular complexity index is 1630. The van der Waals surface area contributed by atoms with Crippen LogP contribution in [-0.4, -0.2) is 93.9 Å². The van der Waals surface area contributed by atoms with Crippen molar-refractivity contribution in [1.29, 1.82) is 0 Å². The summed E-state index contributed by atoms with van der Waals surface area (Å²) < 4.78 is 6.14. The van der Waals surface area contributed by atoms with E-state index in [4.69, 9.17) is 4.74 Å². The first kappa shape index (κ1) is 33.1. The molecule has 0 aliphatic carbocycles. The van der Waals surface area contributed by atoms with Crippen LogP contribution in [0.3, 0.4) is 0 Å². The summed E-state index contributed by atoms with van der Waals surface area (Å²) in [6.07, 6.45) is 4.07. The molecule has 4 amide bonds. The number of carboxylic acid groups (broad SMARTS) is 1. The number of pyridine rings is 1. The maximum atomic E-state index is 13.9. The molecule has 1 fully saturated rings. The fraction of sp³-hybridized carbons (Fsp3) is 0.371. The van der Waals surface area contributed by atoms with Gasteiger partial charge in [0, 0.05) is 44.4 Å². The topological polar surface area (TPSA) is 158 Å². The minimum absolute atomic E-state index is 0.104. The SMILES string of the molecule is C[C@H]1NC(=O)[C@H](Cc2ccccc2)NC(=O)[C@H](CCC(=O)O)N(C)C(=O)c2cncc(c2)-c2cccc(c2)OC[C@@H]2CCCN2C1=O. The Morgan fingerprint density at radius 1 is 0.957 bits per heavy atom. The summed E-state index contributed by atoms with van der Waals surface area (Å²) in [6, 6.07) is 14.6. The molecule has 0 spiro atoms. The summed E-state index contributed by atoms with van der Waals surface area (Å²) >= 11 is 0. The summed E-state index contributed by atoms with van der Waals surface area (Å²) in [7, 11) is 1.42. The van der Waals surface area contributed by atoms with Gasteiger partial charge >= 0.3 is 5.97 Å². The Hall–Kier alpha value is -5.26. The van der Waals surface area contributed by atoms with Crippen LogP contribution in [-0.2, 0) is 25.6 Å². The molecule has 12 heteroatoms. The van der Waals surface area contributed by atoms with E-state index >= 15 is 0 Å². The third-order valence-electron chi connectivity index (χ3n) is 8.62. The van der Waals surface area contributed by atoms with Gasteiger partial charge in [0.05, 0.1) is 11.6 Å². The second-order valence-corrected chi connectivity index (χ2v) is 12.0. The van der Waals surface area contributed by atoms with Gasteiger partial charge in [-0.15, -0.1) is 0 Å². The Balaban J connectivity index is 1.53. The number of carboxylic acids is 1. The van der Waals surface area contributed by atoms with Crippen molar-refractivity contribution in [3.8, 4) is 16.9 Å². The van der Waals surface area contributed by atoms with Crippen LogP contribution in [0.5, 0.6) is 5.75 Å². The number of aromatic nitrogens is 1. The van der Waals surface area contributed by atoms with Crippen LogP contribution in [0, 0.1) is 0 Å². The lowest BCUT2D eigenvalue weighted by Crippen LogP contribution is -2.57. The number of hydrogen-bond acceptors (Lipinski definition) is 7. The van der Waals surface area contributed by atoms with Gasteiger partial charge in [-0.05, 0) is 55.5 Å². The lowest BCUT2D eigenvalue weighted by molar-refractivity contribution is -0.138. The highest BCUT2D eigenvalue weighted by molar-refractivity contribution is 5.99. The number of rotatable bonds is 5. The third-order valence-corrected chi connectivity index (χ3v) is 8.62. The average Bonchev–Trinajstić information content (AvgIpc) is 3.55. The normalized spacial score (nSPS) is 22.5. The lowest BCUT2D eigenvalue weighted by atomic mass is 10.0. The van der Waals surface area contributed by atoms with Crippen molar-refractivity contribution in [1.82, 2.24) is 25.4 Å². The summed E-state index contributed by atoms with van der Waals surface area (Å²) in [4.78, 5) is 73.6. The number of amides is 4. The highest BCUT2D eigenvalue weighted by atomic mass is 16.5. The second kappa shape index (κ2) is 14.9. The number of hydrogen-bond donors (Lipinski definition) is 3. The van der Waals surface area contributed by atoms with Gasteiger partial charge in [-0.1, -0.05) is 42.5 Å². The molecule has 0 saturated carbocycles. The quantitative estimate of drug-likeness (QED) is 0.384. The predicted octanol–water partition coefficient (Wildman–Crippen LogP) is 2.67. The van der Waals surface area contributed by atoms with Crippen molar-refractivity contribution in [2.24, 2.45) is 0 Å². The van der Waals surface area contributed by atoms with Gasteiger partial charge in [0.1, 0.15) is 30.5 Å². The zero-order valence-electron chi connectivity index (χ0n) is 26.4. The summed E-state index contributed by atoms with van der Waals surface area (Å²) in [5.74, 6) is -2.63. The highest BCUT2D eigenvalue weighted by Gasteiger charge is 2.35. The van der Waals surface area contributed by atoms with E-state index in [1.807, 2.05) is 54.6 Å². The van der Waals surface area contributed by atoms with Crippen LogP contribution in [0.25, 0.3) is 11.1 Å². The molecule has 3 N–H and O–H groups in total. The van der Waals surface area contributed by atoms with Crippen LogP contribution in [0.1, 0.15) is 48.5 Å². The average molecular weight is 642 g/mol. The van der Waals surface area contributed by atoms with Crippen molar-refractivity contribution in [2.45, 2.75) is 63.2 Å². The molecule has 0 radical (unpaired) electrons. The van der Waals surface area contributed by atoms with E-state index in [0.29, 0.717) is 17.9 Å². The number of ether oxygens (including phenoxy) is 1. The van der Waals surface area contributed by atoms with Crippen LogP contribution >= 0.6 is 0 Å². The maximum Gasteiger partial charge on any atom is 0.303 e. The molecule has 0 unspecified atom stereocenters. The molecule has 2 aromatic carbocycles. The Morgan fingerprint density at radius 2 is 1.72 bits per heavy atom. The fourth-order valence-electron chi connectivity index (χ4n) is 6.03. The van der Waals surface area contributed by atoms with Crippen molar-refractivity contribution in [3.63, 3.8) is 0 Å². The number of aliphatic carboxylic acids is 1. The smallest absolute Gasteiger partial charge is 0.303 e. The largest absolute Gasteiger partial charge is 0.491 e. The van der Waals surface area contributed by atoms with E-state index in [1.165, 1.54) is 18.1 Å². The number of carbonyl (C=O) groups is 5. The number of carbonyl (C=O) groups excluding carboxylic acids is 4. The summed E-state index contributed by atoms with van der Waals surface area (Å²) in [5.41, 5.74) is 2.35. The highest BCUT2D eigenvalue weighted by Crippen LogP contribution is 2.26. The van der Waals surface area contributed by atoms with Crippen LogP contribution < -0.4 is 15.4 Å². The number of likely N-dealkylation sites (N-methyl/N-ethyl adjacent to an activating group) is 1. The number of nitrogens with one attached hydrogen (secondary N) is 2. The molecule has 2 aliphatic heterocycles. The van der Waals surface area contributed by atoms with E-state index in [-0.39, 0.29) is 37.0 Å².